The van der Waals surface area contributed by atoms with Gasteiger partial charge in [0, 0.05) is 12.2 Å². The molecule has 24 heavy (non-hydrogen) atoms. The van der Waals surface area contributed by atoms with Crippen LogP contribution in [0.3, 0.4) is 0 Å². The lowest BCUT2D eigenvalue weighted by molar-refractivity contribution is 0.0953. The van der Waals surface area contributed by atoms with E-state index in [2.05, 4.69) is 20.8 Å². The standard InChI is InChI=1S/C17H24N4O2.ClH/c1-10(2)14-8-13(15-11(3)21-23-17(15)20-14)16(22)19-7-5-12-4-6-18-9-12;/h8,10,12,18H,4-7,9H2,1-3H3,(H,19,22);1H. The van der Waals surface area contributed by atoms with Gasteiger partial charge >= 0.3 is 0 Å². The highest BCUT2D eigenvalue weighted by Crippen LogP contribution is 2.25. The quantitative estimate of drug-likeness (QED) is 0.864. The minimum atomic E-state index is -0.0726. The fraction of sp³-hybridized carbons (Fsp3) is 0.588. The number of carbonyl (C=O) groups is 1. The van der Waals surface area contributed by atoms with Crippen molar-refractivity contribution in [3.63, 3.8) is 0 Å². The molecule has 2 aromatic rings. The molecule has 1 unspecified atom stereocenters. The molecule has 0 aromatic carbocycles. The molecular weight excluding hydrogens is 328 g/mol. The van der Waals surface area contributed by atoms with Crippen molar-refractivity contribution in [2.24, 2.45) is 5.92 Å². The zero-order valence-corrected chi connectivity index (χ0v) is 15.2. The van der Waals surface area contributed by atoms with Crippen LogP contribution in [0.2, 0.25) is 0 Å². The number of hydrogen-bond donors (Lipinski definition) is 2. The van der Waals surface area contributed by atoms with Crippen LogP contribution in [-0.4, -0.2) is 35.7 Å². The summed E-state index contributed by atoms with van der Waals surface area (Å²) in [5.74, 6) is 0.814. The van der Waals surface area contributed by atoms with Crippen LogP contribution in [0.5, 0.6) is 0 Å². The monoisotopic (exact) mass is 352 g/mol. The highest BCUT2D eigenvalue weighted by molar-refractivity contribution is 6.06. The topological polar surface area (TPSA) is 80.0 Å². The average molecular weight is 353 g/mol. The summed E-state index contributed by atoms with van der Waals surface area (Å²) in [5.41, 5.74) is 2.60. The first-order valence-electron chi connectivity index (χ1n) is 8.32. The number of rotatable bonds is 5. The van der Waals surface area contributed by atoms with Gasteiger partial charge in [-0.15, -0.1) is 12.4 Å². The molecule has 0 radical (unpaired) electrons. The molecule has 2 N–H and O–H groups in total. The number of nitrogens with one attached hydrogen (secondary N) is 2. The number of pyridine rings is 1. The fourth-order valence-corrected chi connectivity index (χ4v) is 3.03. The van der Waals surface area contributed by atoms with Crippen LogP contribution < -0.4 is 10.6 Å². The zero-order chi connectivity index (χ0) is 16.4. The summed E-state index contributed by atoms with van der Waals surface area (Å²) in [6, 6.07) is 1.86. The lowest BCUT2D eigenvalue weighted by Crippen LogP contribution is -2.27. The van der Waals surface area contributed by atoms with E-state index >= 15 is 0 Å². The molecule has 1 aliphatic heterocycles. The number of halogens is 1. The van der Waals surface area contributed by atoms with Crippen molar-refractivity contribution < 1.29 is 9.32 Å². The van der Waals surface area contributed by atoms with E-state index in [4.69, 9.17) is 4.52 Å². The Morgan fingerprint density at radius 1 is 1.50 bits per heavy atom. The predicted molar refractivity (Wildman–Crippen MR) is 95.8 cm³/mol. The van der Waals surface area contributed by atoms with E-state index in [1.807, 2.05) is 26.8 Å². The third-order valence-corrected chi connectivity index (χ3v) is 4.47. The average Bonchev–Trinajstić information content (AvgIpc) is 3.16. The van der Waals surface area contributed by atoms with Crippen molar-refractivity contribution in [3.05, 3.63) is 23.0 Å². The molecule has 132 valence electrons. The van der Waals surface area contributed by atoms with Crippen LogP contribution in [0.15, 0.2) is 10.6 Å². The number of hydrogen-bond acceptors (Lipinski definition) is 5. The third-order valence-electron chi connectivity index (χ3n) is 4.47. The van der Waals surface area contributed by atoms with Crippen LogP contribution in [0.4, 0.5) is 0 Å². The van der Waals surface area contributed by atoms with E-state index in [-0.39, 0.29) is 24.2 Å². The second-order valence-corrected chi connectivity index (χ2v) is 6.60. The van der Waals surface area contributed by atoms with Crippen LogP contribution >= 0.6 is 12.4 Å². The van der Waals surface area contributed by atoms with E-state index in [9.17, 15) is 4.79 Å². The molecule has 2 aromatic heterocycles. The molecule has 0 spiro atoms. The predicted octanol–water partition coefficient (Wildman–Crippen LogP) is 2.81. The maximum Gasteiger partial charge on any atom is 0.259 e. The molecule has 0 aliphatic carbocycles. The van der Waals surface area contributed by atoms with Gasteiger partial charge in [-0.3, -0.25) is 4.79 Å². The van der Waals surface area contributed by atoms with Gasteiger partial charge < -0.3 is 15.2 Å². The molecule has 1 atom stereocenters. The lowest BCUT2D eigenvalue weighted by atomic mass is 10.0. The van der Waals surface area contributed by atoms with Crippen molar-refractivity contribution in [1.29, 1.82) is 0 Å². The van der Waals surface area contributed by atoms with Gasteiger partial charge in [0.25, 0.3) is 11.6 Å². The van der Waals surface area contributed by atoms with Gasteiger partial charge in [-0.05, 0) is 50.8 Å². The van der Waals surface area contributed by atoms with Gasteiger partial charge in [0.05, 0.1) is 16.6 Å². The molecule has 0 bridgehead atoms. The summed E-state index contributed by atoms with van der Waals surface area (Å²) in [7, 11) is 0. The Kier molecular flexibility index (Phi) is 6.18. The number of aryl methyl sites for hydroxylation is 1. The zero-order valence-electron chi connectivity index (χ0n) is 14.4. The smallest absolute Gasteiger partial charge is 0.259 e. The van der Waals surface area contributed by atoms with Crippen LogP contribution in [0.1, 0.15) is 54.4 Å². The fourth-order valence-electron chi connectivity index (χ4n) is 3.03. The summed E-state index contributed by atoms with van der Waals surface area (Å²) >= 11 is 0. The molecule has 1 saturated heterocycles. The molecule has 0 saturated carbocycles. The molecule has 1 amide bonds. The Morgan fingerprint density at radius 3 is 2.96 bits per heavy atom. The van der Waals surface area contributed by atoms with E-state index in [0.29, 0.717) is 29.4 Å². The van der Waals surface area contributed by atoms with Crippen molar-refractivity contribution in [2.75, 3.05) is 19.6 Å². The summed E-state index contributed by atoms with van der Waals surface area (Å²) in [5, 5.41) is 11.1. The van der Waals surface area contributed by atoms with Crippen LogP contribution in [-0.2, 0) is 0 Å². The summed E-state index contributed by atoms with van der Waals surface area (Å²) in [6.07, 6.45) is 2.20. The Hall–Kier alpha value is -1.66. The summed E-state index contributed by atoms with van der Waals surface area (Å²) < 4.78 is 5.27. The minimum Gasteiger partial charge on any atom is -0.352 e. The highest BCUT2D eigenvalue weighted by Gasteiger charge is 2.20. The summed E-state index contributed by atoms with van der Waals surface area (Å²) in [6.45, 7) is 8.76. The molecule has 3 heterocycles. The first-order valence-corrected chi connectivity index (χ1v) is 8.32. The van der Waals surface area contributed by atoms with Crippen LogP contribution in [0.25, 0.3) is 11.1 Å². The van der Waals surface area contributed by atoms with Gasteiger partial charge in [-0.1, -0.05) is 19.0 Å². The normalized spacial score (nSPS) is 17.2. The Bertz CT molecular complexity index is 708. The number of fused-ring (bicyclic) bond motifs is 1. The van der Waals surface area contributed by atoms with E-state index in [1.165, 1.54) is 6.42 Å². The maximum absolute atomic E-state index is 12.6. The SMILES string of the molecule is Cc1noc2nc(C(C)C)cc(C(=O)NCCC3CCNC3)c12.Cl. The van der Waals surface area contributed by atoms with Crippen molar-refractivity contribution >= 4 is 29.4 Å². The lowest BCUT2D eigenvalue weighted by Gasteiger charge is -2.11. The molecule has 7 heteroatoms. The van der Waals surface area contributed by atoms with E-state index in [0.717, 1.165) is 30.6 Å². The van der Waals surface area contributed by atoms with Gasteiger partial charge in [-0.2, -0.15) is 0 Å². The minimum absolute atomic E-state index is 0. The first-order chi connectivity index (χ1) is 11.1. The Morgan fingerprint density at radius 2 is 2.29 bits per heavy atom. The van der Waals surface area contributed by atoms with Crippen molar-refractivity contribution in [2.45, 2.75) is 39.5 Å². The number of nitrogens with zero attached hydrogens (tertiary/aromatic N) is 2. The van der Waals surface area contributed by atoms with Crippen molar-refractivity contribution in [3.8, 4) is 0 Å². The molecule has 3 rings (SSSR count). The number of aromatic nitrogens is 2. The Balaban J connectivity index is 0.00000208. The number of amides is 1. The van der Waals surface area contributed by atoms with E-state index in [1.54, 1.807) is 0 Å². The first kappa shape index (κ1) is 18.7. The van der Waals surface area contributed by atoms with E-state index < -0.39 is 0 Å². The maximum atomic E-state index is 12.6. The van der Waals surface area contributed by atoms with Crippen LogP contribution in [0, 0.1) is 12.8 Å². The van der Waals surface area contributed by atoms with Gasteiger partial charge in [0.15, 0.2) is 0 Å². The molecular formula is C17H25ClN4O2. The second kappa shape index (κ2) is 7.94. The second-order valence-electron chi connectivity index (χ2n) is 6.60. The van der Waals surface area contributed by atoms with Crippen molar-refractivity contribution in [1.82, 2.24) is 20.8 Å². The molecule has 6 nitrogen and oxygen atoms in total. The highest BCUT2D eigenvalue weighted by atomic mass is 35.5. The van der Waals surface area contributed by atoms with Gasteiger partial charge in [0.1, 0.15) is 0 Å². The van der Waals surface area contributed by atoms with Gasteiger partial charge in [0.2, 0.25) is 0 Å². The Labute approximate surface area is 148 Å². The third kappa shape index (κ3) is 3.87. The largest absolute Gasteiger partial charge is 0.352 e. The molecule has 1 aliphatic rings. The summed E-state index contributed by atoms with van der Waals surface area (Å²) in [4.78, 5) is 17.1. The van der Waals surface area contributed by atoms with Gasteiger partial charge in [-0.25, -0.2) is 4.98 Å². The number of carbonyl (C=O) groups excluding carboxylic acids is 1. The molecule has 1 fully saturated rings.